The van der Waals surface area contributed by atoms with Gasteiger partial charge in [-0.3, -0.25) is 0 Å². The second-order valence-electron chi connectivity index (χ2n) is 9.80. The van der Waals surface area contributed by atoms with E-state index in [1.165, 1.54) is 11.1 Å². The van der Waals surface area contributed by atoms with E-state index in [4.69, 9.17) is 4.74 Å². The molecule has 0 aliphatic heterocycles. The largest absolute Gasteiger partial charge is 0.457 e. The third kappa shape index (κ3) is 10.0. The Hall–Kier alpha value is -1.61. The Balaban J connectivity index is 2.83. The van der Waals surface area contributed by atoms with Crippen molar-refractivity contribution in [3.63, 3.8) is 0 Å². The maximum Gasteiger partial charge on any atom is 0.333 e. The number of carbonyl (C=O) groups is 1. The highest BCUT2D eigenvalue weighted by Gasteiger charge is 2.20. The fourth-order valence-electron chi connectivity index (χ4n) is 3.69. The van der Waals surface area contributed by atoms with Crippen LogP contribution in [0.25, 0.3) is 12.7 Å². The minimum atomic E-state index is -0.481. The first kappa shape index (κ1) is 27.4. The van der Waals surface area contributed by atoms with E-state index in [1.54, 1.807) is 0 Å². The lowest BCUT2D eigenvalue weighted by Gasteiger charge is -2.22. The number of carbonyl (C=O) groups excluding carboxylic acids is 1. The monoisotopic (exact) mass is 488 g/mol. The van der Waals surface area contributed by atoms with Crippen LogP contribution < -0.4 is 10.4 Å². The van der Waals surface area contributed by atoms with Gasteiger partial charge < -0.3 is 4.74 Å². The van der Waals surface area contributed by atoms with Gasteiger partial charge in [0.15, 0.2) is 0 Å². The zero-order valence-corrected chi connectivity index (χ0v) is 22.0. The second kappa shape index (κ2) is 12.4. The Morgan fingerprint density at radius 1 is 1.16 bits per heavy atom. The van der Waals surface area contributed by atoms with Crippen LogP contribution in [-0.2, 0) is 9.53 Å². The van der Waals surface area contributed by atoms with Crippen LogP contribution in [0.2, 0.25) is 0 Å². The molecule has 172 valence electrons. The first-order valence-corrected chi connectivity index (χ1v) is 12.2. The van der Waals surface area contributed by atoms with Gasteiger partial charge in [-0.05, 0) is 94.2 Å². The summed E-state index contributed by atoms with van der Waals surface area (Å²) in [5, 5.41) is 2.21. The number of aryl methyl sites for hydroxylation is 1. The van der Waals surface area contributed by atoms with Crippen molar-refractivity contribution in [1.29, 1.82) is 0 Å². The first-order chi connectivity index (χ1) is 14.3. The highest BCUT2D eigenvalue weighted by molar-refractivity contribution is 9.10. The van der Waals surface area contributed by atoms with Gasteiger partial charge in [-0.25, -0.2) is 4.79 Å². The van der Waals surface area contributed by atoms with Crippen LogP contribution in [-0.4, -0.2) is 11.6 Å². The van der Waals surface area contributed by atoms with Crippen molar-refractivity contribution in [3.05, 3.63) is 56.9 Å². The molecule has 0 saturated heterocycles. The normalized spacial score (nSPS) is 14.2. The molecule has 2 nitrogen and oxygen atoms in total. The minimum absolute atomic E-state index is 0.274. The van der Waals surface area contributed by atoms with Crippen molar-refractivity contribution in [1.82, 2.24) is 0 Å². The molecule has 0 bridgehead atoms. The topological polar surface area (TPSA) is 26.3 Å². The third-order valence-electron chi connectivity index (χ3n) is 5.56. The minimum Gasteiger partial charge on any atom is -0.457 e. The van der Waals surface area contributed by atoms with Crippen molar-refractivity contribution in [2.45, 2.75) is 85.7 Å². The van der Waals surface area contributed by atoms with Crippen LogP contribution in [0.4, 0.5) is 0 Å². The summed E-state index contributed by atoms with van der Waals surface area (Å²) in [6, 6.07) is 4.27. The molecule has 0 N–H and O–H groups in total. The summed E-state index contributed by atoms with van der Waals surface area (Å²) in [4.78, 5) is 12.2. The molecule has 2 unspecified atom stereocenters. The average Bonchev–Trinajstić information content (AvgIpc) is 2.64. The molecule has 3 heteroatoms. The number of allylic oxidation sites excluding steroid dienone is 1. The van der Waals surface area contributed by atoms with Crippen molar-refractivity contribution in [2.24, 2.45) is 11.8 Å². The smallest absolute Gasteiger partial charge is 0.333 e. The van der Waals surface area contributed by atoms with Gasteiger partial charge >= 0.3 is 5.97 Å². The number of rotatable bonds is 11. The molecule has 31 heavy (non-hydrogen) atoms. The fraction of sp³-hybridized carbons (Fsp3) is 0.536. The molecule has 1 aromatic carbocycles. The van der Waals surface area contributed by atoms with Crippen LogP contribution in [0.3, 0.4) is 0 Å². The van der Waals surface area contributed by atoms with E-state index in [9.17, 15) is 4.79 Å². The number of benzene rings is 1. The number of esters is 1. The lowest BCUT2D eigenvalue weighted by molar-refractivity contribution is -0.150. The Morgan fingerprint density at radius 2 is 1.81 bits per heavy atom. The van der Waals surface area contributed by atoms with Crippen LogP contribution in [0.15, 0.2) is 40.9 Å². The van der Waals surface area contributed by atoms with E-state index >= 15 is 0 Å². The molecular weight excluding hydrogens is 448 g/mol. The quantitative estimate of drug-likeness (QED) is 0.190. The summed E-state index contributed by atoms with van der Waals surface area (Å²) < 4.78 is 6.56. The van der Waals surface area contributed by atoms with Crippen LogP contribution in [0.1, 0.15) is 78.7 Å². The summed E-state index contributed by atoms with van der Waals surface area (Å²) in [7, 11) is 0. The van der Waals surface area contributed by atoms with Gasteiger partial charge in [0.1, 0.15) is 5.60 Å². The first-order valence-electron chi connectivity index (χ1n) is 11.4. The second-order valence-corrected chi connectivity index (χ2v) is 10.7. The van der Waals surface area contributed by atoms with Crippen molar-refractivity contribution < 1.29 is 9.53 Å². The highest BCUT2D eigenvalue weighted by Crippen LogP contribution is 2.27. The summed E-state index contributed by atoms with van der Waals surface area (Å²) in [6.07, 6.45) is 8.39. The SMILES string of the molecule is C=C(CCC(CCC)CCC(C=c1cc(Br)c(C)cc1=C)C(=C)C)C(=O)OC(C)(C)C. The van der Waals surface area contributed by atoms with Crippen LogP contribution in [0, 0.1) is 18.8 Å². The van der Waals surface area contributed by atoms with Gasteiger partial charge in [-0.15, -0.1) is 0 Å². The number of halogens is 1. The lowest BCUT2D eigenvalue weighted by Crippen LogP contribution is -2.25. The van der Waals surface area contributed by atoms with E-state index < -0.39 is 5.60 Å². The number of hydrogen-bond donors (Lipinski definition) is 0. The summed E-state index contributed by atoms with van der Waals surface area (Å²) >= 11 is 3.64. The molecule has 0 fully saturated rings. The van der Waals surface area contributed by atoms with Gasteiger partial charge in [0.25, 0.3) is 0 Å². The third-order valence-corrected chi connectivity index (χ3v) is 6.41. The van der Waals surface area contributed by atoms with Crippen molar-refractivity contribution >= 4 is 34.6 Å². The molecule has 1 aromatic rings. The molecule has 1 rings (SSSR count). The molecule has 0 spiro atoms. The van der Waals surface area contributed by atoms with Crippen molar-refractivity contribution in [2.75, 3.05) is 0 Å². The maximum atomic E-state index is 12.2. The molecule has 2 atom stereocenters. The standard InChI is InChI=1S/C28H41BrO2/c1-10-11-23(13-12-20(4)27(30)31-28(7,8)9)14-15-24(19(2)3)17-25-18-26(29)22(6)16-21(25)5/h16-18,23-24H,2,4-5,10-15H2,1,3,6-9H3. The molecule has 0 heterocycles. The van der Waals surface area contributed by atoms with Crippen molar-refractivity contribution in [3.8, 4) is 0 Å². The van der Waals surface area contributed by atoms with Gasteiger partial charge in [-0.1, -0.05) is 73.1 Å². The Bertz CT molecular complexity index is 889. The molecule has 0 radical (unpaired) electrons. The number of ether oxygens (including phenoxy) is 1. The summed E-state index contributed by atoms with van der Waals surface area (Å²) in [5.74, 6) is 0.593. The van der Waals surface area contributed by atoms with Gasteiger partial charge in [-0.2, -0.15) is 0 Å². The van der Waals surface area contributed by atoms with Gasteiger partial charge in [0.05, 0.1) is 0 Å². The Labute approximate surface area is 198 Å². The van der Waals surface area contributed by atoms with E-state index in [2.05, 4.69) is 74.6 Å². The van der Waals surface area contributed by atoms with Crippen LogP contribution in [0.5, 0.6) is 0 Å². The van der Waals surface area contributed by atoms with E-state index in [0.717, 1.165) is 47.0 Å². The zero-order chi connectivity index (χ0) is 23.8. The van der Waals surface area contributed by atoms with Gasteiger partial charge in [0.2, 0.25) is 0 Å². The zero-order valence-electron chi connectivity index (χ0n) is 20.4. The molecule has 0 aromatic heterocycles. The predicted octanol–water partition coefficient (Wildman–Crippen LogP) is 7.02. The number of hydrogen-bond acceptors (Lipinski definition) is 2. The summed E-state index contributed by atoms with van der Waals surface area (Å²) in [6.45, 7) is 24.5. The molecule has 0 aliphatic rings. The Morgan fingerprint density at radius 3 is 2.35 bits per heavy atom. The van der Waals surface area contributed by atoms with Crippen LogP contribution >= 0.6 is 15.9 Å². The lowest BCUT2D eigenvalue weighted by atomic mass is 9.86. The Kier molecular flexibility index (Phi) is 11.0. The van der Waals surface area contributed by atoms with E-state index in [1.807, 2.05) is 20.8 Å². The maximum absolute atomic E-state index is 12.2. The summed E-state index contributed by atoms with van der Waals surface area (Å²) in [5.41, 5.74) is 2.46. The molecule has 0 aliphatic carbocycles. The highest BCUT2D eigenvalue weighted by atomic mass is 79.9. The molecule has 0 saturated carbocycles. The van der Waals surface area contributed by atoms with Gasteiger partial charge in [0, 0.05) is 10.0 Å². The fourth-order valence-corrected chi connectivity index (χ4v) is 4.05. The van der Waals surface area contributed by atoms with E-state index in [-0.39, 0.29) is 5.97 Å². The molecule has 0 amide bonds. The average molecular weight is 490 g/mol. The molecular formula is C28H41BrO2. The predicted molar refractivity (Wildman–Crippen MR) is 138 cm³/mol. The van der Waals surface area contributed by atoms with E-state index in [0.29, 0.717) is 23.8 Å².